The fourth-order valence-corrected chi connectivity index (χ4v) is 1.71. The summed E-state index contributed by atoms with van der Waals surface area (Å²) in [7, 11) is 0. The number of nitrogens with one attached hydrogen (secondary N) is 1. The molecule has 2 rings (SSSR count). The second-order valence-corrected chi connectivity index (χ2v) is 4.32. The summed E-state index contributed by atoms with van der Waals surface area (Å²) in [5, 5.41) is 31.0. The molecule has 1 atom stereocenters. The number of carboxylic acid groups (broad SMARTS) is 1. The largest absolute Gasteiger partial charge is 0.504 e. The van der Waals surface area contributed by atoms with Crippen molar-refractivity contribution >= 4 is 5.97 Å². The van der Waals surface area contributed by atoms with E-state index < -0.39 is 12.0 Å². The number of aromatic hydroxyl groups is 2. The van der Waals surface area contributed by atoms with Gasteiger partial charge in [0.25, 0.3) is 0 Å². The number of rotatable bonds is 5. The van der Waals surface area contributed by atoms with Crippen LogP contribution in [0, 0.1) is 0 Å². The molecule has 4 N–H and O–H groups in total. The highest BCUT2D eigenvalue weighted by atomic mass is 16.4. The van der Waals surface area contributed by atoms with Gasteiger partial charge in [-0.25, -0.2) is 0 Å². The SMILES string of the molecule is O=C(O)C(Cc1cccc(O)c1O)NC1CC1. The highest BCUT2D eigenvalue weighted by Crippen LogP contribution is 2.29. The molecule has 0 spiro atoms. The summed E-state index contributed by atoms with van der Waals surface area (Å²) in [6, 6.07) is 4.11. The second-order valence-electron chi connectivity index (χ2n) is 4.32. The molecule has 0 radical (unpaired) electrons. The van der Waals surface area contributed by atoms with Crippen LogP contribution in [0.1, 0.15) is 18.4 Å². The van der Waals surface area contributed by atoms with Gasteiger partial charge in [0, 0.05) is 12.5 Å². The standard InChI is InChI=1S/C12H15NO4/c14-10-3-1-2-7(11(10)15)6-9(12(16)17)13-8-4-5-8/h1-3,8-9,13-15H,4-6H2,(H,16,17). The Kier molecular flexibility index (Phi) is 3.19. The monoisotopic (exact) mass is 237 g/mol. The van der Waals surface area contributed by atoms with Crippen LogP contribution in [-0.2, 0) is 11.2 Å². The van der Waals surface area contributed by atoms with Crippen LogP contribution >= 0.6 is 0 Å². The fraction of sp³-hybridized carbons (Fsp3) is 0.417. The number of carboxylic acids is 1. The molecule has 0 heterocycles. The molecule has 1 aliphatic rings. The van der Waals surface area contributed by atoms with Crippen molar-refractivity contribution < 1.29 is 20.1 Å². The molecule has 1 aromatic rings. The van der Waals surface area contributed by atoms with E-state index in [0.717, 1.165) is 12.8 Å². The zero-order valence-corrected chi connectivity index (χ0v) is 9.26. The van der Waals surface area contributed by atoms with Gasteiger partial charge >= 0.3 is 5.97 Å². The van der Waals surface area contributed by atoms with E-state index in [2.05, 4.69) is 5.32 Å². The predicted octanol–water partition coefficient (Wildman–Crippen LogP) is 0.846. The normalized spacial score (nSPS) is 16.7. The van der Waals surface area contributed by atoms with Crippen LogP contribution in [0.25, 0.3) is 0 Å². The van der Waals surface area contributed by atoms with Gasteiger partial charge in [0.15, 0.2) is 11.5 Å². The lowest BCUT2D eigenvalue weighted by atomic mass is 10.0. The maximum Gasteiger partial charge on any atom is 0.321 e. The van der Waals surface area contributed by atoms with Crippen LogP contribution in [0.15, 0.2) is 18.2 Å². The Bertz CT molecular complexity index is 429. The van der Waals surface area contributed by atoms with E-state index in [4.69, 9.17) is 5.11 Å². The van der Waals surface area contributed by atoms with Crippen LogP contribution in [0.4, 0.5) is 0 Å². The average molecular weight is 237 g/mol. The number of hydrogen-bond donors (Lipinski definition) is 4. The van der Waals surface area contributed by atoms with Gasteiger partial charge in [-0.3, -0.25) is 4.79 Å². The molecule has 5 nitrogen and oxygen atoms in total. The second kappa shape index (κ2) is 4.63. The quantitative estimate of drug-likeness (QED) is 0.570. The minimum Gasteiger partial charge on any atom is -0.504 e. The molecule has 1 saturated carbocycles. The number of hydrogen-bond acceptors (Lipinski definition) is 4. The van der Waals surface area contributed by atoms with E-state index in [1.807, 2.05) is 0 Å². The van der Waals surface area contributed by atoms with Gasteiger partial charge in [-0.2, -0.15) is 0 Å². The molecule has 17 heavy (non-hydrogen) atoms. The Balaban J connectivity index is 2.10. The van der Waals surface area contributed by atoms with Crippen LogP contribution < -0.4 is 5.32 Å². The van der Waals surface area contributed by atoms with Crippen molar-refractivity contribution in [3.8, 4) is 11.5 Å². The lowest BCUT2D eigenvalue weighted by Gasteiger charge is -2.15. The molecule has 1 aromatic carbocycles. The molecule has 1 fully saturated rings. The maximum atomic E-state index is 11.1. The van der Waals surface area contributed by atoms with Crippen LogP contribution in [0.2, 0.25) is 0 Å². The average Bonchev–Trinajstić information content (AvgIpc) is 3.07. The molecule has 0 aliphatic heterocycles. The third-order valence-corrected chi connectivity index (χ3v) is 2.83. The predicted molar refractivity (Wildman–Crippen MR) is 61.1 cm³/mol. The van der Waals surface area contributed by atoms with Gasteiger partial charge in [-0.1, -0.05) is 12.1 Å². The van der Waals surface area contributed by atoms with E-state index in [1.165, 1.54) is 6.07 Å². The Morgan fingerprint density at radius 3 is 2.71 bits per heavy atom. The number of carbonyl (C=O) groups is 1. The van der Waals surface area contributed by atoms with Crippen molar-refractivity contribution in [1.29, 1.82) is 0 Å². The van der Waals surface area contributed by atoms with Crippen molar-refractivity contribution in [2.45, 2.75) is 31.3 Å². The van der Waals surface area contributed by atoms with Crippen LogP contribution in [0.3, 0.4) is 0 Å². The van der Waals surface area contributed by atoms with Crippen molar-refractivity contribution in [2.24, 2.45) is 0 Å². The first-order valence-corrected chi connectivity index (χ1v) is 5.56. The zero-order chi connectivity index (χ0) is 12.4. The Labute approximate surface area is 98.7 Å². The van der Waals surface area contributed by atoms with E-state index in [0.29, 0.717) is 5.56 Å². The van der Waals surface area contributed by atoms with Crippen LogP contribution in [0.5, 0.6) is 11.5 Å². The molecule has 0 bridgehead atoms. The molecule has 0 saturated heterocycles. The molecule has 92 valence electrons. The smallest absolute Gasteiger partial charge is 0.321 e. The summed E-state index contributed by atoms with van der Waals surface area (Å²) in [5.41, 5.74) is 0.436. The van der Waals surface area contributed by atoms with E-state index >= 15 is 0 Å². The van der Waals surface area contributed by atoms with Crippen LogP contribution in [-0.4, -0.2) is 33.4 Å². The Hall–Kier alpha value is -1.75. The molecule has 5 heteroatoms. The number of aliphatic carboxylic acids is 1. The zero-order valence-electron chi connectivity index (χ0n) is 9.26. The minimum atomic E-state index is -0.945. The molecule has 1 unspecified atom stereocenters. The Morgan fingerprint density at radius 1 is 1.41 bits per heavy atom. The third kappa shape index (κ3) is 2.88. The molecule has 1 aliphatic carbocycles. The van der Waals surface area contributed by atoms with Gasteiger partial charge < -0.3 is 20.6 Å². The van der Waals surface area contributed by atoms with Gasteiger partial charge in [-0.15, -0.1) is 0 Å². The Morgan fingerprint density at radius 2 is 2.12 bits per heavy atom. The van der Waals surface area contributed by atoms with Gasteiger partial charge in [0.2, 0.25) is 0 Å². The van der Waals surface area contributed by atoms with Crippen molar-refractivity contribution in [1.82, 2.24) is 5.32 Å². The van der Waals surface area contributed by atoms with Crippen molar-refractivity contribution in [3.63, 3.8) is 0 Å². The summed E-state index contributed by atoms with van der Waals surface area (Å²) >= 11 is 0. The molecular formula is C12H15NO4. The molecule has 0 amide bonds. The number of benzene rings is 1. The van der Waals surface area contributed by atoms with E-state index in [9.17, 15) is 15.0 Å². The lowest BCUT2D eigenvalue weighted by molar-refractivity contribution is -0.139. The third-order valence-electron chi connectivity index (χ3n) is 2.83. The first kappa shape index (κ1) is 11.7. The molecular weight excluding hydrogens is 222 g/mol. The van der Waals surface area contributed by atoms with Crippen molar-refractivity contribution in [3.05, 3.63) is 23.8 Å². The number of phenols is 2. The highest BCUT2D eigenvalue weighted by molar-refractivity contribution is 5.74. The van der Waals surface area contributed by atoms with Crippen molar-refractivity contribution in [2.75, 3.05) is 0 Å². The lowest BCUT2D eigenvalue weighted by Crippen LogP contribution is -2.39. The maximum absolute atomic E-state index is 11.1. The fourth-order valence-electron chi connectivity index (χ4n) is 1.71. The molecule has 0 aromatic heterocycles. The van der Waals surface area contributed by atoms with E-state index in [-0.39, 0.29) is 24.0 Å². The number of phenolic OH excluding ortho intramolecular Hbond substituents is 2. The number of para-hydroxylation sites is 1. The summed E-state index contributed by atoms with van der Waals surface area (Å²) in [6.45, 7) is 0. The topological polar surface area (TPSA) is 89.8 Å². The highest BCUT2D eigenvalue weighted by Gasteiger charge is 2.28. The van der Waals surface area contributed by atoms with Gasteiger partial charge in [0.05, 0.1) is 0 Å². The van der Waals surface area contributed by atoms with Gasteiger partial charge in [-0.05, 0) is 24.5 Å². The minimum absolute atomic E-state index is 0.159. The van der Waals surface area contributed by atoms with E-state index in [1.54, 1.807) is 12.1 Å². The summed E-state index contributed by atoms with van der Waals surface area (Å²) in [6.07, 6.45) is 2.15. The summed E-state index contributed by atoms with van der Waals surface area (Å²) < 4.78 is 0. The van der Waals surface area contributed by atoms with Gasteiger partial charge in [0.1, 0.15) is 6.04 Å². The summed E-state index contributed by atoms with van der Waals surface area (Å²) in [4.78, 5) is 11.1. The first-order chi connectivity index (χ1) is 8.08. The first-order valence-electron chi connectivity index (χ1n) is 5.56. The summed E-state index contributed by atoms with van der Waals surface area (Å²) in [5.74, 6) is -1.41.